The molecule has 0 bridgehead atoms. The van der Waals surface area contributed by atoms with Gasteiger partial charge >= 0.3 is 5.97 Å². The summed E-state index contributed by atoms with van der Waals surface area (Å²) in [5.74, 6) is -2.20. The van der Waals surface area contributed by atoms with Crippen LogP contribution in [-0.2, 0) is 14.3 Å². The number of hydrogen-bond acceptors (Lipinski definition) is 6. The Labute approximate surface area is 194 Å². The molecule has 2 amide bonds. The fraction of sp³-hybridized carbons (Fsp3) is 0.115. The molecule has 1 atom stereocenters. The van der Waals surface area contributed by atoms with Crippen LogP contribution in [0.1, 0.15) is 56.0 Å². The third-order valence-electron chi connectivity index (χ3n) is 5.26. The highest BCUT2D eigenvalue weighted by atomic mass is 16.5. The Morgan fingerprint density at radius 1 is 0.735 bits per heavy atom. The fourth-order valence-electron chi connectivity index (χ4n) is 3.63. The highest BCUT2D eigenvalue weighted by molar-refractivity contribution is 6.28. The second-order valence-electron chi connectivity index (χ2n) is 7.76. The van der Waals surface area contributed by atoms with Crippen LogP contribution in [-0.4, -0.2) is 35.5 Å². The van der Waals surface area contributed by atoms with E-state index in [0.717, 1.165) is 0 Å². The van der Waals surface area contributed by atoms with E-state index < -0.39 is 18.0 Å². The molecule has 8 nitrogen and oxygen atoms in total. The number of benzene rings is 3. The zero-order valence-electron chi connectivity index (χ0n) is 18.4. The van der Waals surface area contributed by atoms with E-state index in [1.165, 1.54) is 44.2 Å². The van der Waals surface area contributed by atoms with E-state index in [4.69, 9.17) is 4.74 Å². The Bertz CT molecular complexity index is 1360. The SMILES string of the molecule is CC(=O)Nc1cccc(C(=O)OC(C)C(=O)Nc2ccc3c(c2)C(=O)c2ccccc2C3=O)c1. The lowest BCUT2D eigenvalue weighted by Gasteiger charge is -2.19. The lowest BCUT2D eigenvalue weighted by molar-refractivity contribution is -0.123. The van der Waals surface area contributed by atoms with Gasteiger partial charge in [0, 0.05) is 40.6 Å². The molecule has 0 aromatic heterocycles. The molecule has 1 aliphatic rings. The number of carbonyl (C=O) groups is 5. The van der Waals surface area contributed by atoms with Gasteiger partial charge in [-0.15, -0.1) is 0 Å². The van der Waals surface area contributed by atoms with Gasteiger partial charge in [0.05, 0.1) is 5.56 Å². The highest BCUT2D eigenvalue weighted by Gasteiger charge is 2.29. The summed E-state index contributed by atoms with van der Waals surface area (Å²) in [5, 5.41) is 5.18. The molecule has 170 valence electrons. The molecule has 0 fully saturated rings. The lowest BCUT2D eigenvalue weighted by Crippen LogP contribution is -2.30. The minimum Gasteiger partial charge on any atom is -0.449 e. The summed E-state index contributed by atoms with van der Waals surface area (Å²) in [4.78, 5) is 61.8. The molecule has 0 saturated heterocycles. The van der Waals surface area contributed by atoms with Gasteiger partial charge in [-0.25, -0.2) is 4.79 Å². The molecule has 34 heavy (non-hydrogen) atoms. The first kappa shape index (κ1) is 22.6. The topological polar surface area (TPSA) is 119 Å². The number of nitrogens with one attached hydrogen (secondary N) is 2. The smallest absolute Gasteiger partial charge is 0.338 e. The zero-order chi connectivity index (χ0) is 24.4. The minimum absolute atomic E-state index is 0.169. The minimum atomic E-state index is -1.15. The summed E-state index contributed by atoms with van der Waals surface area (Å²) in [6, 6.07) is 17.2. The molecule has 3 aromatic rings. The molecular weight excluding hydrogens is 436 g/mol. The summed E-state index contributed by atoms with van der Waals surface area (Å²) >= 11 is 0. The van der Waals surface area contributed by atoms with Crippen molar-refractivity contribution in [1.29, 1.82) is 0 Å². The molecule has 1 unspecified atom stereocenters. The molecule has 0 saturated carbocycles. The standard InChI is InChI=1S/C26H20N2O6/c1-14(34-26(33)16-6-5-7-17(12-16)27-15(2)29)25(32)28-18-10-11-21-22(13-18)24(31)20-9-4-3-8-19(20)23(21)30/h3-14H,1-2H3,(H,27,29)(H,28,32). The Morgan fingerprint density at radius 2 is 1.35 bits per heavy atom. The maximum Gasteiger partial charge on any atom is 0.338 e. The average Bonchev–Trinajstić information content (AvgIpc) is 2.82. The van der Waals surface area contributed by atoms with Crippen LogP contribution in [0.15, 0.2) is 66.7 Å². The van der Waals surface area contributed by atoms with E-state index in [-0.39, 0.29) is 34.2 Å². The van der Waals surface area contributed by atoms with Crippen LogP contribution in [0.3, 0.4) is 0 Å². The summed E-state index contributed by atoms with van der Waals surface area (Å²) in [7, 11) is 0. The third kappa shape index (κ3) is 4.47. The number of hydrogen-bond donors (Lipinski definition) is 2. The number of carbonyl (C=O) groups excluding carboxylic acids is 5. The molecule has 1 aliphatic carbocycles. The highest BCUT2D eigenvalue weighted by Crippen LogP contribution is 2.29. The van der Waals surface area contributed by atoms with Crippen LogP contribution in [0.5, 0.6) is 0 Å². The number of ether oxygens (including phenoxy) is 1. The Hall–Kier alpha value is -4.59. The van der Waals surface area contributed by atoms with Crippen molar-refractivity contribution in [3.8, 4) is 0 Å². The first-order valence-electron chi connectivity index (χ1n) is 10.5. The maximum absolute atomic E-state index is 12.9. The maximum atomic E-state index is 12.9. The molecular formula is C26H20N2O6. The molecule has 0 spiro atoms. The number of esters is 1. The third-order valence-corrected chi connectivity index (χ3v) is 5.26. The van der Waals surface area contributed by atoms with Crippen molar-refractivity contribution in [3.05, 3.63) is 94.5 Å². The van der Waals surface area contributed by atoms with Crippen LogP contribution < -0.4 is 10.6 Å². The molecule has 3 aromatic carbocycles. The van der Waals surface area contributed by atoms with Gasteiger partial charge in [-0.3, -0.25) is 19.2 Å². The quantitative estimate of drug-likeness (QED) is 0.443. The van der Waals surface area contributed by atoms with E-state index in [9.17, 15) is 24.0 Å². The first-order chi connectivity index (χ1) is 16.2. The van der Waals surface area contributed by atoms with Gasteiger partial charge in [0.1, 0.15) is 0 Å². The van der Waals surface area contributed by atoms with Crippen LogP contribution >= 0.6 is 0 Å². The van der Waals surface area contributed by atoms with E-state index in [2.05, 4.69) is 10.6 Å². The molecule has 4 rings (SSSR count). The van der Waals surface area contributed by atoms with Crippen molar-refractivity contribution >= 4 is 40.7 Å². The predicted molar refractivity (Wildman–Crippen MR) is 124 cm³/mol. The lowest BCUT2D eigenvalue weighted by atomic mass is 9.84. The van der Waals surface area contributed by atoms with E-state index >= 15 is 0 Å². The van der Waals surface area contributed by atoms with Crippen molar-refractivity contribution in [1.82, 2.24) is 0 Å². The summed E-state index contributed by atoms with van der Waals surface area (Å²) < 4.78 is 5.24. The van der Waals surface area contributed by atoms with E-state index in [1.807, 2.05) is 0 Å². The number of anilines is 2. The molecule has 2 N–H and O–H groups in total. The van der Waals surface area contributed by atoms with Gasteiger partial charge in [-0.05, 0) is 43.3 Å². The largest absolute Gasteiger partial charge is 0.449 e. The molecule has 0 heterocycles. The monoisotopic (exact) mass is 456 g/mol. The summed E-state index contributed by atoms with van der Waals surface area (Å²) in [5.41, 5.74) is 2.00. The van der Waals surface area contributed by atoms with Gasteiger partial charge in [-0.2, -0.15) is 0 Å². The second kappa shape index (κ2) is 9.11. The number of amides is 2. The predicted octanol–water partition coefficient (Wildman–Crippen LogP) is 3.60. The summed E-state index contributed by atoms with van der Waals surface area (Å²) in [6.07, 6.45) is -1.15. The number of rotatable bonds is 5. The van der Waals surface area contributed by atoms with E-state index in [1.54, 1.807) is 36.4 Å². The zero-order valence-corrected chi connectivity index (χ0v) is 18.4. The van der Waals surface area contributed by atoms with Crippen molar-refractivity contribution in [2.75, 3.05) is 10.6 Å². The molecule has 0 radical (unpaired) electrons. The van der Waals surface area contributed by atoms with Gasteiger partial charge < -0.3 is 15.4 Å². The van der Waals surface area contributed by atoms with Gasteiger partial charge in [-0.1, -0.05) is 30.3 Å². The Kier molecular flexibility index (Phi) is 6.05. The molecule has 8 heteroatoms. The first-order valence-corrected chi connectivity index (χ1v) is 10.5. The van der Waals surface area contributed by atoms with Gasteiger partial charge in [0.25, 0.3) is 5.91 Å². The van der Waals surface area contributed by atoms with Crippen LogP contribution in [0.2, 0.25) is 0 Å². The van der Waals surface area contributed by atoms with Crippen LogP contribution in [0.25, 0.3) is 0 Å². The van der Waals surface area contributed by atoms with Gasteiger partial charge in [0.15, 0.2) is 17.7 Å². The Balaban J connectivity index is 1.46. The van der Waals surface area contributed by atoms with Crippen molar-refractivity contribution in [2.24, 2.45) is 0 Å². The number of ketones is 2. The normalized spacial score (nSPS) is 12.8. The second-order valence-corrected chi connectivity index (χ2v) is 7.76. The van der Waals surface area contributed by atoms with Crippen molar-refractivity contribution < 1.29 is 28.7 Å². The van der Waals surface area contributed by atoms with Crippen molar-refractivity contribution in [3.63, 3.8) is 0 Å². The van der Waals surface area contributed by atoms with E-state index in [0.29, 0.717) is 22.5 Å². The number of fused-ring (bicyclic) bond motifs is 2. The molecule has 0 aliphatic heterocycles. The fourth-order valence-corrected chi connectivity index (χ4v) is 3.63. The van der Waals surface area contributed by atoms with Crippen LogP contribution in [0, 0.1) is 0 Å². The van der Waals surface area contributed by atoms with Gasteiger partial charge in [0.2, 0.25) is 5.91 Å². The Morgan fingerprint density at radius 3 is 2.03 bits per heavy atom. The van der Waals surface area contributed by atoms with Crippen molar-refractivity contribution in [2.45, 2.75) is 20.0 Å². The summed E-state index contributed by atoms with van der Waals surface area (Å²) in [6.45, 7) is 2.76. The average molecular weight is 456 g/mol. The van der Waals surface area contributed by atoms with Crippen LogP contribution in [0.4, 0.5) is 11.4 Å².